The zero-order valence-corrected chi connectivity index (χ0v) is 8.39. The van der Waals surface area contributed by atoms with Crippen molar-refractivity contribution in [1.29, 1.82) is 0 Å². The Morgan fingerprint density at radius 1 is 1.50 bits per heavy atom. The molecule has 0 aromatic carbocycles. The zero-order valence-electron chi connectivity index (χ0n) is 7.58. The van der Waals surface area contributed by atoms with E-state index in [4.69, 9.17) is 5.11 Å². The number of nitrogens with one attached hydrogen (secondary N) is 1. The summed E-state index contributed by atoms with van der Waals surface area (Å²) in [5.74, 6) is 0.108. The Morgan fingerprint density at radius 3 is 2.50 bits per heavy atom. The highest BCUT2D eigenvalue weighted by Gasteiger charge is 2.10. The van der Waals surface area contributed by atoms with Crippen LogP contribution < -0.4 is 4.72 Å². The van der Waals surface area contributed by atoms with Gasteiger partial charge in [0.1, 0.15) is 0 Å². The standard InChI is InChI=1S/C7H17NO3S/c1-3-12(10,11)8-7(2)5-4-6-9/h7-9H,3-6H2,1-2H3. The summed E-state index contributed by atoms with van der Waals surface area (Å²) in [6.07, 6.45) is 1.31. The van der Waals surface area contributed by atoms with Crippen molar-refractivity contribution >= 4 is 10.0 Å². The van der Waals surface area contributed by atoms with E-state index in [9.17, 15) is 8.42 Å². The van der Waals surface area contributed by atoms with Gasteiger partial charge in [-0.05, 0) is 26.7 Å². The molecular weight excluding hydrogens is 178 g/mol. The lowest BCUT2D eigenvalue weighted by atomic mass is 10.2. The summed E-state index contributed by atoms with van der Waals surface area (Å²) in [6.45, 7) is 3.50. The predicted octanol–water partition coefficient (Wildman–Crippen LogP) is 0.0867. The summed E-state index contributed by atoms with van der Waals surface area (Å²) in [6, 6.07) is -0.0814. The molecule has 4 nitrogen and oxygen atoms in total. The Bertz CT molecular complexity index is 201. The normalized spacial score (nSPS) is 14.6. The van der Waals surface area contributed by atoms with Crippen molar-refractivity contribution < 1.29 is 13.5 Å². The summed E-state index contributed by atoms with van der Waals surface area (Å²) >= 11 is 0. The predicted molar refractivity (Wildman–Crippen MR) is 48.4 cm³/mol. The van der Waals surface area contributed by atoms with Crippen molar-refractivity contribution in [3.63, 3.8) is 0 Å². The second-order valence-electron chi connectivity index (χ2n) is 2.79. The molecule has 0 heterocycles. The maximum Gasteiger partial charge on any atom is 0.211 e. The zero-order chi connectivity index (χ0) is 9.61. The monoisotopic (exact) mass is 195 g/mol. The Balaban J connectivity index is 3.76. The second-order valence-corrected chi connectivity index (χ2v) is 4.83. The fraction of sp³-hybridized carbons (Fsp3) is 1.00. The number of sulfonamides is 1. The maximum atomic E-state index is 11.0. The van der Waals surface area contributed by atoms with E-state index in [0.717, 1.165) is 0 Å². The lowest BCUT2D eigenvalue weighted by Crippen LogP contribution is -2.33. The summed E-state index contributed by atoms with van der Waals surface area (Å²) in [4.78, 5) is 0. The molecule has 0 aromatic rings. The maximum absolute atomic E-state index is 11.0. The molecule has 12 heavy (non-hydrogen) atoms. The summed E-state index contributed by atoms with van der Waals surface area (Å²) in [5, 5.41) is 8.49. The van der Waals surface area contributed by atoms with E-state index in [1.807, 2.05) is 0 Å². The first kappa shape index (κ1) is 11.9. The molecule has 0 aromatic heterocycles. The minimum atomic E-state index is -3.08. The van der Waals surface area contributed by atoms with Gasteiger partial charge in [-0.25, -0.2) is 13.1 Å². The van der Waals surface area contributed by atoms with Gasteiger partial charge < -0.3 is 5.11 Å². The van der Waals surface area contributed by atoms with Crippen LogP contribution in [0.25, 0.3) is 0 Å². The average Bonchev–Trinajstić information content (AvgIpc) is 2.00. The van der Waals surface area contributed by atoms with Gasteiger partial charge in [0, 0.05) is 12.6 Å². The van der Waals surface area contributed by atoms with E-state index in [-0.39, 0.29) is 18.4 Å². The Morgan fingerprint density at radius 2 is 2.08 bits per heavy atom. The highest BCUT2D eigenvalue weighted by molar-refractivity contribution is 7.89. The van der Waals surface area contributed by atoms with E-state index in [2.05, 4.69) is 4.72 Å². The molecule has 1 atom stereocenters. The Hall–Kier alpha value is -0.130. The van der Waals surface area contributed by atoms with Crippen LogP contribution in [-0.2, 0) is 10.0 Å². The fourth-order valence-corrected chi connectivity index (χ4v) is 1.74. The first-order chi connectivity index (χ1) is 5.52. The number of hydrogen-bond acceptors (Lipinski definition) is 3. The molecule has 0 saturated heterocycles. The first-order valence-electron chi connectivity index (χ1n) is 4.12. The highest BCUT2D eigenvalue weighted by atomic mass is 32.2. The lowest BCUT2D eigenvalue weighted by molar-refractivity contribution is 0.279. The van der Waals surface area contributed by atoms with E-state index in [1.165, 1.54) is 0 Å². The van der Waals surface area contributed by atoms with E-state index in [0.29, 0.717) is 12.8 Å². The van der Waals surface area contributed by atoms with Crippen LogP contribution >= 0.6 is 0 Å². The minimum Gasteiger partial charge on any atom is -0.396 e. The molecule has 0 aliphatic carbocycles. The second kappa shape index (κ2) is 5.50. The molecule has 5 heteroatoms. The van der Waals surface area contributed by atoms with Crippen LogP contribution in [0.1, 0.15) is 26.7 Å². The van der Waals surface area contributed by atoms with Gasteiger partial charge >= 0.3 is 0 Å². The van der Waals surface area contributed by atoms with Crippen LogP contribution in [0.4, 0.5) is 0 Å². The van der Waals surface area contributed by atoms with E-state index < -0.39 is 10.0 Å². The largest absolute Gasteiger partial charge is 0.396 e. The van der Waals surface area contributed by atoms with E-state index in [1.54, 1.807) is 13.8 Å². The smallest absolute Gasteiger partial charge is 0.211 e. The molecule has 0 amide bonds. The Labute approximate surface area is 74.0 Å². The van der Waals surface area contributed by atoms with Gasteiger partial charge in [-0.3, -0.25) is 0 Å². The Kier molecular flexibility index (Phi) is 5.44. The van der Waals surface area contributed by atoms with Gasteiger partial charge in [0.05, 0.1) is 5.75 Å². The molecule has 0 fully saturated rings. The first-order valence-corrected chi connectivity index (χ1v) is 5.78. The summed E-state index contributed by atoms with van der Waals surface area (Å²) in [7, 11) is -3.08. The van der Waals surface area contributed by atoms with Gasteiger partial charge in [-0.1, -0.05) is 0 Å². The van der Waals surface area contributed by atoms with Gasteiger partial charge in [0.25, 0.3) is 0 Å². The third kappa shape index (κ3) is 5.51. The SMILES string of the molecule is CCS(=O)(=O)NC(C)CCCO. The average molecular weight is 195 g/mol. The van der Waals surface area contributed by atoms with Crippen LogP contribution in [0.3, 0.4) is 0 Å². The summed E-state index contributed by atoms with van der Waals surface area (Å²) < 4.78 is 24.5. The van der Waals surface area contributed by atoms with Gasteiger partial charge in [-0.2, -0.15) is 0 Å². The minimum absolute atomic E-state index is 0.0814. The molecule has 74 valence electrons. The molecule has 0 spiro atoms. The van der Waals surface area contributed by atoms with Gasteiger partial charge in [0.15, 0.2) is 0 Å². The van der Waals surface area contributed by atoms with Gasteiger partial charge in [-0.15, -0.1) is 0 Å². The molecule has 0 radical (unpaired) electrons. The molecule has 1 unspecified atom stereocenters. The van der Waals surface area contributed by atoms with Crippen LogP contribution in [0.5, 0.6) is 0 Å². The number of aliphatic hydroxyl groups excluding tert-OH is 1. The number of hydrogen-bond donors (Lipinski definition) is 2. The third-order valence-electron chi connectivity index (χ3n) is 1.56. The number of rotatable bonds is 6. The summed E-state index contributed by atoms with van der Waals surface area (Å²) in [5.41, 5.74) is 0. The van der Waals surface area contributed by atoms with Crippen molar-refractivity contribution in [2.75, 3.05) is 12.4 Å². The van der Waals surface area contributed by atoms with E-state index >= 15 is 0 Å². The highest BCUT2D eigenvalue weighted by Crippen LogP contribution is 1.97. The molecule has 2 N–H and O–H groups in total. The van der Waals surface area contributed by atoms with Crippen LogP contribution in [-0.4, -0.2) is 31.9 Å². The van der Waals surface area contributed by atoms with Crippen LogP contribution in [0.15, 0.2) is 0 Å². The lowest BCUT2D eigenvalue weighted by Gasteiger charge is -2.11. The molecule has 0 saturated carbocycles. The van der Waals surface area contributed by atoms with Crippen molar-refractivity contribution in [1.82, 2.24) is 4.72 Å². The quantitative estimate of drug-likeness (QED) is 0.631. The van der Waals surface area contributed by atoms with Gasteiger partial charge in [0.2, 0.25) is 10.0 Å². The fourth-order valence-electron chi connectivity index (χ4n) is 0.846. The van der Waals surface area contributed by atoms with Crippen molar-refractivity contribution in [2.24, 2.45) is 0 Å². The molecule has 0 rings (SSSR count). The van der Waals surface area contributed by atoms with Crippen molar-refractivity contribution in [2.45, 2.75) is 32.7 Å². The number of aliphatic hydroxyl groups is 1. The van der Waals surface area contributed by atoms with Crippen LogP contribution in [0.2, 0.25) is 0 Å². The topological polar surface area (TPSA) is 66.4 Å². The molecule has 0 aliphatic rings. The van der Waals surface area contributed by atoms with Crippen molar-refractivity contribution in [3.8, 4) is 0 Å². The molecule has 0 bridgehead atoms. The van der Waals surface area contributed by atoms with Crippen LogP contribution in [0, 0.1) is 0 Å². The third-order valence-corrected chi connectivity index (χ3v) is 3.08. The molecular formula is C7H17NO3S. The molecule has 0 aliphatic heterocycles. The van der Waals surface area contributed by atoms with Crippen molar-refractivity contribution in [3.05, 3.63) is 0 Å².